The number of aryl methyl sites for hydroxylation is 2. The molecule has 196 valence electrons. The average molecular weight is 513 g/mol. The number of rotatable bonds is 9. The normalized spacial score (nSPS) is 14.7. The highest BCUT2D eigenvalue weighted by Crippen LogP contribution is 2.43. The SMILES string of the molecule is CCCCCCOc1ccc(C2c3c(oc4ccc(C)cc4c3=O)C(=O)N2c2cc(C)ccn2)cc1OC. The van der Waals surface area contributed by atoms with E-state index in [0.29, 0.717) is 46.0 Å². The summed E-state index contributed by atoms with van der Waals surface area (Å²) in [6.45, 7) is 6.62. The summed E-state index contributed by atoms with van der Waals surface area (Å²) in [6.07, 6.45) is 6.06. The van der Waals surface area contributed by atoms with E-state index in [1.807, 2.05) is 50.2 Å². The van der Waals surface area contributed by atoms with Gasteiger partial charge in [0, 0.05) is 6.20 Å². The third-order valence-corrected chi connectivity index (χ3v) is 6.93. The number of unbranched alkanes of at least 4 members (excludes halogenated alkanes) is 3. The summed E-state index contributed by atoms with van der Waals surface area (Å²) in [5.74, 6) is 1.24. The van der Waals surface area contributed by atoms with Gasteiger partial charge in [0.05, 0.1) is 30.7 Å². The van der Waals surface area contributed by atoms with Crippen LogP contribution in [0.4, 0.5) is 5.82 Å². The third-order valence-electron chi connectivity index (χ3n) is 6.93. The Bertz CT molecular complexity index is 1560. The van der Waals surface area contributed by atoms with Crippen LogP contribution >= 0.6 is 0 Å². The zero-order valence-corrected chi connectivity index (χ0v) is 22.2. The molecule has 0 fully saturated rings. The third kappa shape index (κ3) is 4.64. The molecule has 1 aliphatic heterocycles. The Morgan fingerprint density at radius 3 is 2.53 bits per heavy atom. The molecule has 1 unspecified atom stereocenters. The number of aromatic nitrogens is 1. The van der Waals surface area contributed by atoms with Crippen LogP contribution in [0, 0.1) is 13.8 Å². The standard InChI is InChI=1S/C31H32N2O5/c1-5-6-7-8-15-37-24-12-10-21(18-25(24)36-4)28-27-29(34)22-16-19(2)9-11-23(22)38-30(27)31(35)33(28)26-17-20(3)13-14-32-26/h9-14,16-18,28H,5-8,15H2,1-4H3. The molecule has 5 rings (SSSR count). The number of hydrogen-bond donors (Lipinski definition) is 0. The maximum Gasteiger partial charge on any atom is 0.296 e. The zero-order chi connectivity index (χ0) is 26.8. The van der Waals surface area contributed by atoms with Crippen LogP contribution in [-0.4, -0.2) is 24.6 Å². The van der Waals surface area contributed by atoms with Crippen LogP contribution in [-0.2, 0) is 0 Å². The lowest BCUT2D eigenvalue weighted by atomic mass is 9.97. The predicted octanol–water partition coefficient (Wildman–Crippen LogP) is 6.52. The van der Waals surface area contributed by atoms with E-state index in [1.54, 1.807) is 25.4 Å². The number of carbonyl (C=O) groups excluding carboxylic acids is 1. The lowest BCUT2D eigenvalue weighted by molar-refractivity contribution is 0.0970. The van der Waals surface area contributed by atoms with Gasteiger partial charge in [-0.15, -0.1) is 0 Å². The number of amides is 1. The van der Waals surface area contributed by atoms with Crippen molar-refractivity contribution in [3.63, 3.8) is 0 Å². The van der Waals surface area contributed by atoms with E-state index in [-0.39, 0.29) is 11.2 Å². The van der Waals surface area contributed by atoms with Crippen molar-refractivity contribution in [2.45, 2.75) is 52.5 Å². The quantitative estimate of drug-likeness (QED) is 0.237. The van der Waals surface area contributed by atoms with Crippen LogP contribution in [0.3, 0.4) is 0 Å². The van der Waals surface area contributed by atoms with E-state index < -0.39 is 11.9 Å². The molecule has 0 saturated heterocycles. The second-order valence-corrected chi connectivity index (χ2v) is 9.76. The minimum Gasteiger partial charge on any atom is -0.493 e. The van der Waals surface area contributed by atoms with E-state index in [4.69, 9.17) is 13.9 Å². The molecule has 1 atom stereocenters. The molecular weight excluding hydrogens is 480 g/mol. The Morgan fingerprint density at radius 1 is 0.947 bits per heavy atom. The first-order chi connectivity index (χ1) is 18.4. The van der Waals surface area contributed by atoms with E-state index in [2.05, 4.69) is 11.9 Å². The predicted molar refractivity (Wildman–Crippen MR) is 147 cm³/mol. The highest BCUT2D eigenvalue weighted by molar-refractivity contribution is 6.10. The second kappa shape index (κ2) is 10.7. The van der Waals surface area contributed by atoms with Crippen LogP contribution in [0.15, 0.2) is 63.9 Å². The molecule has 7 heteroatoms. The van der Waals surface area contributed by atoms with Gasteiger partial charge in [-0.25, -0.2) is 4.98 Å². The number of ether oxygens (including phenoxy) is 2. The minimum atomic E-state index is -0.736. The van der Waals surface area contributed by atoms with Crippen molar-refractivity contribution in [3.05, 3.63) is 93.0 Å². The maximum absolute atomic E-state index is 13.9. The number of hydrogen-bond acceptors (Lipinski definition) is 6. The average Bonchev–Trinajstić information content (AvgIpc) is 3.21. The topological polar surface area (TPSA) is 81.9 Å². The van der Waals surface area contributed by atoms with Gasteiger partial charge in [0.2, 0.25) is 5.76 Å². The monoisotopic (exact) mass is 512 g/mol. The molecule has 1 aliphatic rings. The molecule has 7 nitrogen and oxygen atoms in total. The molecule has 1 amide bonds. The minimum absolute atomic E-state index is 0.0369. The first-order valence-corrected chi connectivity index (χ1v) is 13.1. The van der Waals surface area contributed by atoms with E-state index in [9.17, 15) is 9.59 Å². The summed E-state index contributed by atoms with van der Waals surface area (Å²) in [7, 11) is 1.58. The van der Waals surface area contributed by atoms with Gasteiger partial charge in [0.1, 0.15) is 11.4 Å². The Hall–Kier alpha value is -4.13. The van der Waals surface area contributed by atoms with Gasteiger partial charge in [0.15, 0.2) is 16.9 Å². The number of methoxy groups -OCH3 is 1. The fourth-order valence-electron chi connectivity index (χ4n) is 4.97. The second-order valence-electron chi connectivity index (χ2n) is 9.76. The number of nitrogens with zero attached hydrogens (tertiary/aromatic N) is 2. The van der Waals surface area contributed by atoms with E-state index >= 15 is 0 Å². The first-order valence-electron chi connectivity index (χ1n) is 13.1. The summed E-state index contributed by atoms with van der Waals surface area (Å²) in [5.41, 5.74) is 3.04. The fraction of sp³-hybridized carbons (Fsp3) is 0.323. The molecule has 3 heterocycles. The van der Waals surface area contributed by atoms with Gasteiger partial charge in [-0.1, -0.05) is 43.9 Å². The zero-order valence-electron chi connectivity index (χ0n) is 22.2. The van der Waals surface area contributed by atoms with Crippen molar-refractivity contribution in [1.29, 1.82) is 0 Å². The molecule has 0 saturated carbocycles. The molecule has 0 spiro atoms. The van der Waals surface area contributed by atoms with Gasteiger partial charge in [0.25, 0.3) is 5.91 Å². The molecule has 0 radical (unpaired) electrons. The van der Waals surface area contributed by atoms with Crippen molar-refractivity contribution < 1.29 is 18.7 Å². The van der Waals surface area contributed by atoms with Gasteiger partial charge < -0.3 is 13.9 Å². The largest absolute Gasteiger partial charge is 0.493 e. The highest BCUT2D eigenvalue weighted by atomic mass is 16.5. The molecule has 2 aromatic carbocycles. The van der Waals surface area contributed by atoms with Crippen LogP contribution in [0.25, 0.3) is 11.0 Å². The van der Waals surface area contributed by atoms with Crippen LogP contribution in [0.5, 0.6) is 11.5 Å². The molecule has 2 aromatic heterocycles. The molecule has 38 heavy (non-hydrogen) atoms. The van der Waals surface area contributed by atoms with Crippen LogP contribution in [0.2, 0.25) is 0 Å². The molecule has 4 aromatic rings. The van der Waals surface area contributed by atoms with Crippen molar-refractivity contribution in [1.82, 2.24) is 4.98 Å². The number of fused-ring (bicyclic) bond motifs is 2. The maximum atomic E-state index is 13.9. The van der Waals surface area contributed by atoms with Crippen molar-refractivity contribution in [2.75, 3.05) is 18.6 Å². The molecule has 0 bridgehead atoms. The Labute approximate surface area is 222 Å². The molecule has 0 N–H and O–H groups in total. The van der Waals surface area contributed by atoms with Crippen LogP contribution < -0.4 is 19.8 Å². The molecular formula is C31H32N2O5. The first kappa shape index (κ1) is 25.5. The summed E-state index contributed by atoms with van der Waals surface area (Å²) in [5, 5.41) is 0.444. The Kier molecular flexibility index (Phi) is 7.18. The summed E-state index contributed by atoms with van der Waals surface area (Å²) in [6, 6.07) is 13.9. The van der Waals surface area contributed by atoms with Crippen molar-refractivity contribution in [2.24, 2.45) is 0 Å². The van der Waals surface area contributed by atoms with E-state index in [1.165, 1.54) is 11.3 Å². The van der Waals surface area contributed by atoms with Gasteiger partial charge in [-0.05, 0) is 67.8 Å². The Balaban J connectivity index is 1.63. The number of carbonyl (C=O) groups is 1. The summed E-state index contributed by atoms with van der Waals surface area (Å²) < 4.78 is 17.8. The van der Waals surface area contributed by atoms with Crippen LogP contribution in [0.1, 0.15) is 71.5 Å². The highest BCUT2D eigenvalue weighted by Gasteiger charge is 2.44. The number of anilines is 1. The Morgan fingerprint density at radius 2 is 1.76 bits per heavy atom. The smallest absolute Gasteiger partial charge is 0.296 e. The van der Waals surface area contributed by atoms with Gasteiger partial charge >= 0.3 is 0 Å². The van der Waals surface area contributed by atoms with E-state index in [0.717, 1.165) is 30.4 Å². The van der Waals surface area contributed by atoms with Gasteiger partial charge in [-0.3, -0.25) is 14.5 Å². The lowest BCUT2D eigenvalue weighted by Crippen LogP contribution is -2.30. The fourth-order valence-corrected chi connectivity index (χ4v) is 4.97. The van der Waals surface area contributed by atoms with Crippen molar-refractivity contribution in [3.8, 4) is 11.5 Å². The van der Waals surface area contributed by atoms with Gasteiger partial charge in [-0.2, -0.15) is 0 Å². The number of pyridine rings is 1. The molecule has 0 aliphatic carbocycles. The number of benzene rings is 2. The summed E-state index contributed by atoms with van der Waals surface area (Å²) in [4.78, 5) is 33.7. The van der Waals surface area contributed by atoms with Crippen molar-refractivity contribution >= 4 is 22.7 Å². The summed E-state index contributed by atoms with van der Waals surface area (Å²) >= 11 is 0. The lowest BCUT2D eigenvalue weighted by Gasteiger charge is -2.25.